The minimum Gasteiger partial charge on any atom is -0.494 e. The van der Waals surface area contributed by atoms with Gasteiger partial charge in [0.15, 0.2) is 0 Å². The highest BCUT2D eigenvalue weighted by Gasteiger charge is 2.00. The molecule has 0 fully saturated rings. The van der Waals surface area contributed by atoms with E-state index in [1.165, 1.54) is 28.6 Å². The van der Waals surface area contributed by atoms with Crippen molar-refractivity contribution in [3.8, 4) is 16.9 Å². The lowest BCUT2D eigenvalue weighted by atomic mass is 10.1. The summed E-state index contributed by atoms with van der Waals surface area (Å²) < 4.78 is 5.84. The molecule has 0 aliphatic carbocycles. The maximum Gasteiger partial charge on any atom is 0.119 e. The van der Waals surface area contributed by atoms with E-state index < -0.39 is 0 Å². The normalized spacial score (nSPS) is 10.0. The van der Waals surface area contributed by atoms with Crippen LogP contribution < -0.4 is 9.88 Å². The molecule has 0 saturated heterocycles. The molecule has 0 aliphatic rings. The molecule has 0 atom stereocenters. The van der Waals surface area contributed by atoms with E-state index >= 15 is 0 Å². The van der Waals surface area contributed by atoms with Crippen molar-refractivity contribution < 1.29 is 4.74 Å². The Kier molecular flexibility index (Phi) is 9.45. The smallest absolute Gasteiger partial charge is 0.119 e. The van der Waals surface area contributed by atoms with Crippen LogP contribution in [0.1, 0.15) is 32.3 Å². The number of hydrogen-bond donors (Lipinski definition) is 1. The van der Waals surface area contributed by atoms with E-state index in [4.69, 9.17) is 9.88 Å². The highest BCUT2D eigenvalue weighted by molar-refractivity contribution is 7.97. The predicted molar refractivity (Wildman–Crippen MR) is 116 cm³/mol. The Hall–Kier alpha value is -2.30. The summed E-state index contributed by atoms with van der Waals surface area (Å²) in [6.45, 7) is 4.74. The van der Waals surface area contributed by atoms with Crippen LogP contribution in [0.4, 0.5) is 0 Å². The van der Waals surface area contributed by atoms with Gasteiger partial charge in [-0.05, 0) is 78.2 Å². The first-order valence-corrected chi connectivity index (χ1v) is 10.3. The largest absolute Gasteiger partial charge is 0.494 e. The van der Waals surface area contributed by atoms with Gasteiger partial charge in [0.2, 0.25) is 0 Å². The van der Waals surface area contributed by atoms with E-state index in [2.05, 4.69) is 35.3 Å². The Labute approximate surface area is 167 Å². The predicted octanol–water partition coefficient (Wildman–Crippen LogP) is 6.14. The number of rotatable bonds is 8. The summed E-state index contributed by atoms with van der Waals surface area (Å²) in [7, 11) is 0. The number of benzene rings is 2. The van der Waals surface area contributed by atoms with Gasteiger partial charge in [0.25, 0.3) is 0 Å². The second-order valence-corrected chi connectivity index (χ2v) is 6.54. The Bertz CT molecular complexity index is 759. The highest BCUT2D eigenvalue weighted by Crippen LogP contribution is 2.24. The number of nitrogens with two attached hydrogens (primary N) is 1. The molecule has 0 unspecified atom stereocenters. The fraction of sp³-hybridized carbons (Fsp3) is 0.261. The van der Waals surface area contributed by atoms with Crippen molar-refractivity contribution in [2.75, 3.05) is 6.61 Å². The Morgan fingerprint density at radius 2 is 1.56 bits per heavy atom. The third kappa shape index (κ3) is 7.08. The molecular weight excluding hydrogens is 352 g/mol. The van der Waals surface area contributed by atoms with Crippen molar-refractivity contribution in [2.24, 2.45) is 5.14 Å². The van der Waals surface area contributed by atoms with Gasteiger partial charge in [0.05, 0.1) is 6.61 Å². The maximum atomic E-state index is 5.84. The summed E-state index contributed by atoms with van der Waals surface area (Å²) in [6.07, 6.45) is 6.93. The molecule has 3 aromatic rings. The average molecular weight is 381 g/mol. The van der Waals surface area contributed by atoms with Crippen molar-refractivity contribution >= 4 is 11.9 Å². The molecule has 0 saturated carbocycles. The number of hydrogen-bond acceptors (Lipinski definition) is 4. The van der Waals surface area contributed by atoms with Crippen molar-refractivity contribution in [1.82, 2.24) is 4.98 Å². The summed E-state index contributed by atoms with van der Waals surface area (Å²) in [5, 5.41) is 5.56. The lowest BCUT2D eigenvalue weighted by molar-refractivity contribution is 0.307. The van der Waals surface area contributed by atoms with Crippen LogP contribution in [0.15, 0.2) is 78.0 Å². The molecule has 2 aromatic carbocycles. The van der Waals surface area contributed by atoms with Gasteiger partial charge in [-0.2, -0.15) is 0 Å². The first-order chi connectivity index (χ1) is 13.3. The van der Waals surface area contributed by atoms with Gasteiger partial charge >= 0.3 is 0 Å². The monoisotopic (exact) mass is 380 g/mol. The number of nitrogens with zero attached hydrogens (tertiary/aromatic N) is 1. The number of unbranched alkanes of at least 4 members (excludes halogenated alkanes) is 1. The number of aryl methyl sites for hydroxylation is 1. The molecule has 1 aromatic heterocycles. The SMILES string of the molecule is CC.NSc1ccc(-c2ccc(OCCCCc3cccnc3)cc2)cc1. The second-order valence-electron chi connectivity index (χ2n) is 5.83. The van der Waals surface area contributed by atoms with E-state index in [0.29, 0.717) is 0 Å². The molecule has 0 radical (unpaired) electrons. The molecule has 0 bridgehead atoms. The number of ether oxygens (including phenoxy) is 1. The third-order valence-electron chi connectivity index (χ3n) is 4.03. The van der Waals surface area contributed by atoms with E-state index in [1.807, 2.05) is 56.6 Å². The highest BCUT2D eigenvalue weighted by atomic mass is 32.2. The van der Waals surface area contributed by atoms with Crippen LogP contribution in [0, 0.1) is 0 Å². The summed E-state index contributed by atoms with van der Waals surface area (Å²) in [6, 6.07) is 20.6. The zero-order valence-electron chi connectivity index (χ0n) is 16.1. The molecule has 0 spiro atoms. The second kappa shape index (κ2) is 12.2. The zero-order valence-corrected chi connectivity index (χ0v) is 16.9. The van der Waals surface area contributed by atoms with Gasteiger partial charge in [-0.1, -0.05) is 44.2 Å². The van der Waals surface area contributed by atoms with Crippen LogP contribution in [0.3, 0.4) is 0 Å². The quantitative estimate of drug-likeness (QED) is 0.376. The first-order valence-electron chi connectivity index (χ1n) is 9.44. The van der Waals surface area contributed by atoms with Crippen LogP contribution in [-0.2, 0) is 6.42 Å². The molecule has 27 heavy (non-hydrogen) atoms. The summed E-state index contributed by atoms with van der Waals surface area (Å²) in [5.41, 5.74) is 3.64. The Morgan fingerprint density at radius 3 is 2.15 bits per heavy atom. The standard InChI is InChI=1S/C21H22N2OS.C2H6/c22-25-21-12-8-19(9-13-21)18-6-10-20(11-7-18)24-15-2-1-4-17-5-3-14-23-16-17;1-2/h3,5-14,16H,1-2,4,15,22H2;1-2H3. The maximum absolute atomic E-state index is 5.84. The molecule has 142 valence electrons. The van der Waals surface area contributed by atoms with Gasteiger partial charge in [0, 0.05) is 17.3 Å². The summed E-state index contributed by atoms with van der Waals surface area (Å²) in [4.78, 5) is 5.20. The fourth-order valence-electron chi connectivity index (χ4n) is 2.64. The molecular formula is C23H28N2OS. The lowest BCUT2D eigenvalue weighted by Crippen LogP contribution is -1.98. The van der Waals surface area contributed by atoms with Crippen LogP contribution >= 0.6 is 11.9 Å². The molecule has 0 aliphatic heterocycles. The molecule has 1 heterocycles. The van der Waals surface area contributed by atoms with Crippen LogP contribution in [0.5, 0.6) is 5.75 Å². The molecule has 2 N–H and O–H groups in total. The van der Waals surface area contributed by atoms with Gasteiger partial charge in [-0.25, -0.2) is 0 Å². The van der Waals surface area contributed by atoms with E-state index in [-0.39, 0.29) is 0 Å². The van der Waals surface area contributed by atoms with Crippen molar-refractivity contribution in [3.05, 3.63) is 78.6 Å². The minimum atomic E-state index is 0.738. The Balaban J connectivity index is 0.00000126. The van der Waals surface area contributed by atoms with Crippen LogP contribution in [0.25, 0.3) is 11.1 Å². The molecule has 4 heteroatoms. The van der Waals surface area contributed by atoms with Gasteiger partial charge < -0.3 is 4.74 Å². The van der Waals surface area contributed by atoms with Crippen molar-refractivity contribution in [1.29, 1.82) is 0 Å². The zero-order chi connectivity index (χ0) is 19.3. The van der Waals surface area contributed by atoms with Crippen LogP contribution in [0.2, 0.25) is 0 Å². The average Bonchev–Trinajstić information content (AvgIpc) is 2.76. The minimum absolute atomic E-state index is 0.738. The third-order valence-corrected chi connectivity index (χ3v) is 4.57. The van der Waals surface area contributed by atoms with Crippen molar-refractivity contribution in [2.45, 2.75) is 38.0 Å². The topological polar surface area (TPSA) is 48.1 Å². The number of aromatic nitrogens is 1. The fourth-order valence-corrected chi connectivity index (χ4v) is 2.93. The molecule has 0 amide bonds. The number of pyridine rings is 1. The van der Waals surface area contributed by atoms with E-state index in [1.54, 1.807) is 0 Å². The van der Waals surface area contributed by atoms with Gasteiger partial charge in [-0.3, -0.25) is 10.1 Å². The van der Waals surface area contributed by atoms with E-state index in [9.17, 15) is 0 Å². The molecule has 3 nitrogen and oxygen atoms in total. The van der Waals surface area contributed by atoms with E-state index in [0.717, 1.165) is 36.5 Å². The van der Waals surface area contributed by atoms with Gasteiger partial charge in [-0.15, -0.1) is 0 Å². The lowest BCUT2D eigenvalue weighted by Gasteiger charge is -2.08. The summed E-state index contributed by atoms with van der Waals surface area (Å²) >= 11 is 1.26. The first kappa shape index (κ1) is 21.0. The molecule has 3 rings (SSSR count). The van der Waals surface area contributed by atoms with Gasteiger partial charge in [0.1, 0.15) is 5.75 Å². The Morgan fingerprint density at radius 1 is 0.889 bits per heavy atom. The summed E-state index contributed by atoms with van der Waals surface area (Å²) in [5.74, 6) is 0.916. The van der Waals surface area contributed by atoms with Crippen molar-refractivity contribution in [3.63, 3.8) is 0 Å². The van der Waals surface area contributed by atoms with Crippen LogP contribution in [-0.4, -0.2) is 11.6 Å².